The molecule has 0 bridgehead atoms. The Morgan fingerprint density at radius 3 is 2.44 bits per heavy atom. The molecule has 1 aliphatic heterocycles. The number of hydrogen-bond donors (Lipinski definition) is 2. The first-order valence-corrected chi connectivity index (χ1v) is 10.5. The zero-order valence-corrected chi connectivity index (χ0v) is 17.7. The van der Waals surface area contributed by atoms with Gasteiger partial charge in [0.1, 0.15) is 11.2 Å². The summed E-state index contributed by atoms with van der Waals surface area (Å²) in [6.07, 6.45) is 3.11. The quantitative estimate of drug-likeness (QED) is 0.781. The van der Waals surface area contributed by atoms with Gasteiger partial charge in [0.25, 0.3) is 5.91 Å². The van der Waals surface area contributed by atoms with E-state index in [1.54, 1.807) is 11.3 Å². The molecule has 4 rings (SSSR count). The van der Waals surface area contributed by atoms with Crippen molar-refractivity contribution in [2.24, 2.45) is 11.3 Å². The van der Waals surface area contributed by atoms with E-state index in [4.69, 9.17) is 0 Å². The molecule has 0 unspecified atom stereocenters. The summed E-state index contributed by atoms with van der Waals surface area (Å²) in [4.78, 5) is 16.4. The molecule has 2 heterocycles. The summed E-state index contributed by atoms with van der Waals surface area (Å²) in [5.41, 5.74) is 4.72. The van der Waals surface area contributed by atoms with Crippen LogP contribution in [0, 0.1) is 11.3 Å². The van der Waals surface area contributed by atoms with Gasteiger partial charge in [-0.2, -0.15) is 0 Å². The van der Waals surface area contributed by atoms with Crippen molar-refractivity contribution in [3.05, 3.63) is 45.8 Å². The molecule has 2 aliphatic rings. The molecule has 27 heavy (non-hydrogen) atoms. The van der Waals surface area contributed by atoms with E-state index >= 15 is 0 Å². The van der Waals surface area contributed by atoms with Crippen LogP contribution in [0.3, 0.4) is 0 Å². The van der Waals surface area contributed by atoms with Crippen molar-refractivity contribution in [1.29, 1.82) is 0 Å². The fourth-order valence-corrected chi connectivity index (χ4v) is 5.52. The minimum absolute atomic E-state index is 0.0668. The fraction of sp³-hybridized carbons (Fsp3) is 0.500. The number of carbonyl (C=O) groups excluding carboxylic acids is 1. The normalized spacial score (nSPS) is 21.7. The molecular weight excluding hydrogens is 354 g/mol. The van der Waals surface area contributed by atoms with Crippen molar-refractivity contribution in [2.75, 3.05) is 24.3 Å². The minimum atomic E-state index is -0.167. The fourth-order valence-electron chi connectivity index (χ4n) is 4.17. The van der Waals surface area contributed by atoms with Crippen molar-refractivity contribution in [3.8, 4) is 0 Å². The Morgan fingerprint density at radius 1 is 1.11 bits per heavy atom. The third kappa shape index (κ3) is 3.33. The lowest BCUT2D eigenvalue weighted by molar-refractivity contribution is 0.0935. The number of amides is 1. The highest BCUT2D eigenvalue weighted by atomic mass is 32.1. The van der Waals surface area contributed by atoms with Crippen LogP contribution >= 0.6 is 11.3 Å². The zero-order chi connectivity index (χ0) is 19.3. The topological polar surface area (TPSA) is 44.4 Å². The van der Waals surface area contributed by atoms with Gasteiger partial charge in [0.05, 0.1) is 5.56 Å². The number of fused-ring (bicyclic) bond motifs is 3. The molecule has 0 fully saturated rings. The maximum atomic E-state index is 12.9. The largest absolute Gasteiger partial charge is 0.378 e. The second kappa shape index (κ2) is 6.55. The molecule has 2 N–H and O–H groups in total. The highest BCUT2D eigenvalue weighted by Gasteiger charge is 2.36. The molecule has 1 amide bonds. The van der Waals surface area contributed by atoms with Crippen molar-refractivity contribution in [2.45, 2.75) is 46.2 Å². The van der Waals surface area contributed by atoms with Crippen LogP contribution in [0.1, 0.15) is 59.7 Å². The summed E-state index contributed by atoms with van der Waals surface area (Å²) in [5, 5.41) is 7.78. The number of rotatable bonds is 2. The van der Waals surface area contributed by atoms with E-state index in [-0.39, 0.29) is 12.1 Å². The third-order valence-corrected chi connectivity index (χ3v) is 7.20. The Balaban J connectivity index is 1.60. The minimum Gasteiger partial charge on any atom is -0.378 e. The Morgan fingerprint density at radius 2 is 1.81 bits per heavy atom. The van der Waals surface area contributed by atoms with Crippen LogP contribution in [-0.4, -0.2) is 20.0 Å². The van der Waals surface area contributed by atoms with Gasteiger partial charge in [-0.1, -0.05) is 32.9 Å². The van der Waals surface area contributed by atoms with Gasteiger partial charge in [-0.3, -0.25) is 4.79 Å². The highest BCUT2D eigenvalue weighted by molar-refractivity contribution is 7.16. The molecule has 2 atom stereocenters. The van der Waals surface area contributed by atoms with Crippen LogP contribution in [0.25, 0.3) is 0 Å². The number of anilines is 2. The molecule has 1 aromatic carbocycles. The standard InChI is InChI=1S/C22H29N3OS/c1-22(2,3)14-8-11-16-17(12-14)27-21-18(16)20(26)23-19(24-21)13-6-9-15(10-7-13)25(4)5/h6-7,9-10,14,19,24H,8,11-12H2,1-5H3,(H,23,26)/t14-,19+/m0/s1. The van der Waals surface area contributed by atoms with E-state index in [2.05, 4.69) is 60.6 Å². The first kappa shape index (κ1) is 18.4. The second-order valence-corrected chi connectivity index (χ2v) is 10.2. The molecule has 0 saturated heterocycles. The monoisotopic (exact) mass is 383 g/mol. The first-order valence-electron chi connectivity index (χ1n) is 9.73. The predicted octanol–water partition coefficient (Wildman–Crippen LogP) is 4.82. The maximum absolute atomic E-state index is 12.9. The average Bonchev–Trinajstić information content (AvgIpc) is 2.99. The number of benzene rings is 1. The zero-order valence-electron chi connectivity index (χ0n) is 16.8. The molecule has 2 aromatic rings. The van der Waals surface area contributed by atoms with Crippen LogP contribution in [0.4, 0.5) is 10.7 Å². The SMILES string of the molecule is CN(C)c1ccc([C@@H]2NC(=O)c3c(sc4c3CC[C@H](C(C)(C)C)C4)N2)cc1. The highest BCUT2D eigenvalue weighted by Crippen LogP contribution is 2.46. The summed E-state index contributed by atoms with van der Waals surface area (Å²) >= 11 is 1.79. The van der Waals surface area contributed by atoms with Gasteiger partial charge in [0, 0.05) is 24.7 Å². The van der Waals surface area contributed by atoms with E-state index in [1.807, 2.05) is 14.1 Å². The lowest BCUT2D eigenvalue weighted by Crippen LogP contribution is -2.38. The Labute approximate surface area is 166 Å². The van der Waals surface area contributed by atoms with Gasteiger partial charge in [-0.15, -0.1) is 11.3 Å². The van der Waals surface area contributed by atoms with E-state index in [0.29, 0.717) is 11.3 Å². The van der Waals surface area contributed by atoms with Gasteiger partial charge in [-0.25, -0.2) is 0 Å². The van der Waals surface area contributed by atoms with Crippen LogP contribution in [0.2, 0.25) is 0 Å². The molecule has 4 nitrogen and oxygen atoms in total. The maximum Gasteiger partial charge on any atom is 0.256 e. The van der Waals surface area contributed by atoms with Crippen molar-refractivity contribution in [1.82, 2.24) is 5.32 Å². The molecular formula is C22H29N3OS. The molecule has 0 saturated carbocycles. The van der Waals surface area contributed by atoms with Crippen LogP contribution < -0.4 is 15.5 Å². The number of carbonyl (C=O) groups is 1. The number of hydrogen-bond acceptors (Lipinski definition) is 4. The first-order chi connectivity index (χ1) is 12.7. The molecule has 0 spiro atoms. The Kier molecular flexibility index (Phi) is 4.46. The smallest absolute Gasteiger partial charge is 0.256 e. The summed E-state index contributed by atoms with van der Waals surface area (Å²) < 4.78 is 0. The third-order valence-electron chi connectivity index (χ3n) is 6.01. The van der Waals surface area contributed by atoms with Gasteiger partial charge >= 0.3 is 0 Å². The van der Waals surface area contributed by atoms with Crippen molar-refractivity contribution < 1.29 is 4.79 Å². The molecule has 1 aliphatic carbocycles. The second-order valence-electron chi connectivity index (χ2n) is 9.05. The van der Waals surface area contributed by atoms with Gasteiger partial charge in [-0.05, 0) is 53.9 Å². The Bertz CT molecular complexity index is 861. The summed E-state index contributed by atoms with van der Waals surface area (Å²) in [7, 11) is 4.06. The summed E-state index contributed by atoms with van der Waals surface area (Å²) in [5.74, 6) is 0.750. The van der Waals surface area contributed by atoms with E-state index in [9.17, 15) is 4.79 Å². The van der Waals surface area contributed by atoms with Gasteiger partial charge in [0.15, 0.2) is 0 Å². The van der Waals surface area contributed by atoms with E-state index in [1.165, 1.54) is 16.9 Å². The number of nitrogens with one attached hydrogen (secondary N) is 2. The molecule has 1 aromatic heterocycles. The molecule has 5 heteroatoms. The molecule has 144 valence electrons. The van der Waals surface area contributed by atoms with Crippen molar-refractivity contribution >= 4 is 27.9 Å². The lowest BCUT2D eigenvalue weighted by atomic mass is 9.72. The van der Waals surface area contributed by atoms with Crippen LogP contribution in [0.5, 0.6) is 0 Å². The Hall–Kier alpha value is -2.01. The predicted molar refractivity (Wildman–Crippen MR) is 114 cm³/mol. The van der Waals surface area contributed by atoms with Gasteiger partial charge < -0.3 is 15.5 Å². The number of nitrogens with zero attached hydrogens (tertiary/aromatic N) is 1. The van der Waals surface area contributed by atoms with Crippen molar-refractivity contribution in [3.63, 3.8) is 0 Å². The van der Waals surface area contributed by atoms with Gasteiger partial charge in [0.2, 0.25) is 0 Å². The van der Waals surface area contributed by atoms with E-state index < -0.39 is 0 Å². The number of thiophene rings is 1. The average molecular weight is 384 g/mol. The molecule has 0 radical (unpaired) electrons. The summed E-state index contributed by atoms with van der Waals surface area (Å²) in [6, 6.07) is 8.35. The van der Waals surface area contributed by atoms with Crippen LogP contribution in [0.15, 0.2) is 24.3 Å². The van der Waals surface area contributed by atoms with E-state index in [0.717, 1.165) is 34.7 Å². The van der Waals surface area contributed by atoms with Crippen LogP contribution in [-0.2, 0) is 12.8 Å². The lowest BCUT2D eigenvalue weighted by Gasteiger charge is -2.34. The summed E-state index contributed by atoms with van der Waals surface area (Å²) in [6.45, 7) is 6.98.